The number of carbonyl (C=O) groups is 1. The van der Waals surface area contributed by atoms with Crippen molar-refractivity contribution in [3.63, 3.8) is 0 Å². The first-order valence-corrected chi connectivity index (χ1v) is 4.04. The molecule has 0 unspecified atom stereocenters. The van der Waals surface area contributed by atoms with Gasteiger partial charge in [0.1, 0.15) is 0 Å². The third-order valence-electron chi connectivity index (χ3n) is 0.662. The van der Waals surface area contributed by atoms with Crippen molar-refractivity contribution in [1.82, 2.24) is 5.32 Å². The third-order valence-corrected chi connectivity index (χ3v) is 1.35. The van der Waals surface area contributed by atoms with E-state index in [9.17, 15) is 9.36 Å². The van der Waals surface area contributed by atoms with Crippen molar-refractivity contribution in [2.75, 3.05) is 6.54 Å². The van der Waals surface area contributed by atoms with Crippen LogP contribution in [0.4, 0.5) is 4.79 Å². The molecule has 0 aromatic heterocycles. The van der Waals surface area contributed by atoms with Crippen LogP contribution >= 0.6 is 7.60 Å². The molecule has 0 atom stereocenters. The summed E-state index contributed by atoms with van der Waals surface area (Å²) in [6.45, 7) is 3.31. The van der Waals surface area contributed by atoms with Crippen LogP contribution in [0.25, 0.3) is 0 Å². The molecule has 3 N–H and O–H groups in total. The molecule has 0 fully saturated rings. The van der Waals surface area contributed by atoms with E-state index in [4.69, 9.17) is 9.79 Å². The molecule has 0 heterocycles. The third kappa shape index (κ3) is 3.40. The van der Waals surface area contributed by atoms with Gasteiger partial charge in [0.15, 0.2) is 0 Å². The predicted molar refractivity (Wildman–Crippen MR) is 35.6 cm³/mol. The molecule has 0 saturated heterocycles. The van der Waals surface area contributed by atoms with Gasteiger partial charge in [-0.2, -0.15) is 0 Å². The average molecular weight is 165 g/mol. The van der Waals surface area contributed by atoms with Crippen LogP contribution < -0.4 is 5.32 Å². The van der Waals surface area contributed by atoms with Gasteiger partial charge in [0.05, 0.1) is 0 Å². The lowest BCUT2D eigenvalue weighted by Crippen LogP contribution is -2.21. The molecule has 0 rings (SSSR count). The average Bonchev–Trinajstić information content (AvgIpc) is 1.80. The van der Waals surface area contributed by atoms with Crippen LogP contribution in [-0.4, -0.2) is 22.0 Å². The summed E-state index contributed by atoms with van der Waals surface area (Å²) < 4.78 is 10.1. The zero-order valence-electron chi connectivity index (χ0n) is 5.15. The fraction of sp³-hybridized carbons (Fsp3) is 0.250. The highest BCUT2D eigenvalue weighted by Gasteiger charge is 2.24. The molecule has 5 nitrogen and oxygen atoms in total. The molecule has 0 aliphatic carbocycles. The first kappa shape index (κ1) is 9.36. The zero-order valence-corrected chi connectivity index (χ0v) is 6.04. The minimum atomic E-state index is -4.58. The number of hydrogen-bond acceptors (Lipinski definition) is 2. The molecule has 0 spiro atoms. The van der Waals surface area contributed by atoms with Crippen molar-refractivity contribution >= 4 is 13.2 Å². The maximum atomic E-state index is 10.3. The number of hydrogen-bond donors (Lipinski definition) is 3. The molecule has 6 heteroatoms. The second kappa shape index (κ2) is 3.51. The Hall–Kier alpha value is -0.640. The SMILES string of the molecule is C=CCNC(=O)P(=O)(O)O. The smallest absolute Gasteiger partial charge is 0.342 e. The largest absolute Gasteiger partial charge is 0.413 e. The van der Waals surface area contributed by atoms with Crippen LogP contribution in [0.1, 0.15) is 0 Å². The van der Waals surface area contributed by atoms with Crippen LogP contribution in [0.2, 0.25) is 0 Å². The standard InChI is InChI=1S/C4H8NO4P/c1-2-3-5-4(6)10(7,8)9/h2H,1,3H2,(H,5,6)(H2,7,8,9). The van der Waals surface area contributed by atoms with Gasteiger partial charge in [-0.1, -0.05) is 6.08 Å². The van der Waals surface area contributed by atoms with Gasteiger partial charge in [-0.3, -0.25) is 4.79 Å². The normalized spacial score (nSPS) is 10.6. The molecular weight excluding hydrogens is 157 g/mol. The van der Waals surface area contributed by atoms with Crippen LogP contribution in [0.15, 0.2) is 12.7 Å². The zero-order chi connectivity index (χ0) is 8.20. The van der Waals surface area contributed by atoms with Gasteiger partial charge in [-0.05, 0) is 0 Å². The molecule has 0 aromatic carbocycles. The fourth-order valence-corrected chi connectivity index (χ4v) is 0.560. The van der Waals surface area contributed by atoms with E-state index >= 15 is 0 Å². The van der Waals surface area contributed by atoms with Crippen molar-refractivity contribution < 1.29 is 19.1 Å². The molecule has 0 aliphatic rings. The molecule has 0 bridgehead atoms. The summed E-state index contributed by atoms with van der Waals surface area (Å²) >= 11 is 0. The Labute approximate surface area is 57.9 Å². The summed E-state index contributed by atoms with van der Waals surface area (Å²) in [7, 11) is -4.58. The molecule has 0 radical (unpaired) electrons. The van der Waals surface area contributed by atoms with Crippen molar-refractivity contribution in [2.45, 2.75) is 0 Å². The summed E-state index contributed by atoms with van der Waals surface area (Å²) in [6.07, 6.45) is 1.33. The van der Waals surface area contributed by atoms with Gasteiger partial charge in [0, 0.05) is 6.54 Å². The lowest BCUT2D eigenvalue weighted by atomic mass is 10.6. The van der Waals surface area contributed by atoms with E-state index in [1.54, 1.807) is 0 Å². The van der Waals surface area contributed by atoms with E-state index in [-0.39, 0.29) is 6.54 Å². The van der Waals surface area contributed by atoms with Gasteiger partial charge >= 0.3 is 13.2 Å². The maximum Gasteiger partial charge on any atom is 0.413 e. The summed E-state index contributed by atoms with van der Waals surface area (Å²) in [5, 5.41) is 1.95. The molecule has 58 valence electrons. The first-order chi connectivity index (χ1) is 4.48. The molecular formula is C4H8NO4P. The van der Waals surface area contributed by atoms with E-state index in [0.29, 0.717) is 0 Å². The van der Waals surface area contributed by atoms with E-state index in [1.165, 1.54) is 6.08 Å². The minimum absolute atomic E-state index is 0.0595. The van der Waals surface area contributed by atoms with E-state index in [1.807, 2.05) is 5.32 Å². The van der Waals surface area contributed by atoms with Gasteiger partial charge in [0.2, 0.25) is 0 Å². The highest BCUT2D eigenvalue weighted by atomic mass is 31.2. The Morgan fingerprint density at radius 1 is 1.70 bits per heavy atom. The number of rotatable bonds is 3. The monoisotopic (exact) mass is 165 g/mol. The Bertz CT molecular complexity index is 184. The Kier molecular flexibility index (Phi) is 3.28. The molecule has 0 aliphatic heterocycles. The Morgan fingerprint density at radius 3 is 2.50 bits per heavy atom. The lowest BCUT2D eigenvalue weighted by Gasteiger charge is -2.01. The number of amides is 1. The first-order valence-electron chi connectivity index (χ1n) is 2.43. The quantitative estimate of drug-likeness (QED) is 0.407. The second-order valence-electron chi connectivity index (χ2n) is 1.52. The van der Waals surface area contributed by atoms with Gasteiger partial charge in [-0.25, -0.2) is 4.57 Å². The summed E-state index contributed by atoms with van der Waals surface area (Å²) in [5.74, 6) is 0. The van der Waals surface area contributed by atoms with Crippen molar-refractivity contribution in [1.29, 1.82) is 0 Å². The molecule has 0 saturated carbocycles. The van der Waals surface area contributed by atoms with Crippen molar-refractivity contribution in [3.8, 4) is 0 Å². The van der Waals surface area contributed by atoms with Gasteiger partial charge in [0.25, 0.3) is 0 Å². The highest BCUT2D eigenvalue weighted by molar-refractivity contribution is 7.69. The predicted octanol–water partition coefficient (Wildman–Crippen LogP) is 0.0597. The Morgan fingerprint density at radius 2 is 2.20 bits per heavy atom. The highest BCUT2D eigenvalue weighted by Crippen LogP contribution is 2.34. The maximum absolute atomic E-state index is 10.3. The van der Waals surface area contributed by atoms with Crippen LogP contribution in [0.5, 0.6) is 0 Å². The molecule has 10 heavy (non-hydrogen) atoms. The van der Waals surface area contributed by atoms with E-state index in [0.717, 1.165) is 0 Å². The van der Waals surface area contributed by atoms with Gasteiger partial charge in [-0.15, -0.1) is 6.58 Å². The summed E-state index contributed by atoms with van der Waals surface area (Å²) in [4.78, 5) is 26.7. The number of carbonyl (C=O) groups excluding carboxylic acids is 1. The van der Waals surface area contributed by atoms with Crippen LogP contribution in [0, 0.1) is 0 Å². The molecule has 0 aromatic rings. The lowest BCUT2D eigenvalue weighted by molar-refractivity contribution is 0.249. The topological polar surface area (TPSA) is 86.6 Å². The van der Waals surface area contributed by atoms with Crippen molar-refractivity contribution in [2.24, 2.45) is 0 Å². The Balaban J connectivity index is 3.87. The summed E-state index contributed by atoms with van der Waals surface area (Å²) in [5.41, 5.74) is -1.27. The summed E-state index contributed by atoms with van der Waals surface area (Å²) in [6, 6.07) is 0. The fourth-order valence-electron chi connectivity index (χ4n) is 0.262. The second-order valence-corrected chi connectivity index (χ2v) is 3.01. The van der Waals surface area contributed by atoms with E-state index in [2.05, 4.69) is 6.58 Å². The minimum Gasteiger partial charge on any atom is -0.342 e. The van der Waals surface area contributed by atoms with Gasteiger partial charge < -0.3 is 15.1 Å². The van der Waals surface area contributed by atoms with Crippen molar-refractivity contribution in [3.05, 3.63) is 12.7 Å². The molecule has 1 amide bonds. The van der Waals surface area contributed by atoms with Crippen LogP contribution in [0.3, 0.4) is 0 Å². The van der Waals surface area contributed by atoms with Crippen LogP contribution in [-0.2, 0) is 4.57 Å². The van der Waals surface area contributed by atoms with E-state index < -0.39 is 13.2 Å². The number of nitrogens with one attached hydrogen (secondary N) is 1.